The molecular formula is C14H22N2O. The monoisotopic (exact) mass is 234 g/mol. The lowest BCUT2D eigenvalue weighted by atomic mass is 9.87. The van der Waals surface area contributed by atoms with Gasteiger partial charge in [0.15, 0.2) is 0 Å². The Kier molecular flexibility index (Phi) is 5.29. The molecule has 1 heterocycles. The van der Waals surface area contributed by atoms with E-state index in [1.165, 1.54) is 0 Å². The van der Waals surface area contributed by atoms with Crippen LogP contribution in [0, 0.1) is 5.92 Å². The average molecular weight is 234 g/mol. The minimum atomic E-state index is 0.000370. The first-order valence-corrected chi connectivity index (χ1v) is 6.10. The van der Waals surface area contributed by atoms with Gasteiger partial charge in [-0.3, -0.25) is 9.78 Å². The Balaban J connectivity index is 2.83. The quantitative estimate of drug-likeness (QED) is 0.757. The third-order valence-electron chi connectivity index (χ3n) is 2.89. The summed E-state index contributed by atoms with van der Waals surface area (Å²) in [5.41, 5.74) is 1.08. The van der Waals surface area contributed by atoms with Gasteiger partial charge in [0.05, 0.1) is 0 Å². The van der Waals surface area contributed by atoms with Crippen molar-refractivity contribution in [1.82, 2.24) is 9.88 Å². The van der Waals surface area contributed by atoms with Crippen molar-refractivity contribution < 1.29 is 4.79 Å². The van der Waals surface area contributed by atoms with Gasteiger partial charge < -0.3 is 4.90 Å². The predicted octanol–water partition coefficient (Wildman–Crippen LogP) is 2.34. The van der Waals surface area contributed by atoms with Crippen LogP contribution in [0.2, 0.25) is 0 Å². The van der Waals surface area contributed by atoms with Gasteiger partial charge in [-0.1, -0.05) is 13.8 Å². The zero-order chi connectivity index (χ0) is 12.8. The van der Waals surface area contributed by atoms with Crippen LogP contribution in [0.1, 0.15) is 31.7 Å². The van der Waals surface area contributed by atoms with Gasteiger partial charge in [0.2, 0.25) is 0 Å². The van der Waals surface area contributed by atoms with Crippen molar-refractivity contribution >= 4 is 5.78 Å². The zero-order valence-electron chi connectivity index (χ0n) is 11.2. The average Bonchev–Trinajstić information content (AvgIpc) is 2.30. The molecule has 3 heteroatoms. The van der Waals surface area contributed by atoms with E-state index in [0.29, 0.717) is 5.78 Å². The Morgan fingerprint density at radius 3 is 2.35 bits per heavy atom. The Morgan fingerprint density at radius 2 is 1.88 bits per heavy atom. The Morgan fingerprint density at radius 1 is 1.29 bits per heavy atom. The van der Waals surface area contributed by atoms with Crippen LogP contribution in [0.4, 0.5) is 0 Å². The lowest BCUT2D eigenvalue weighted by Gasteiger charge is -2.20. The standard InChI is InChI=1S/C14H22N2O/c1-11(2)14(17)13(7-10-16(3)4)12-5-8-15-9-6-12/h5-6,8-9,11,13H,7,10H2,1-4H3. The van der Waals surface area contributed by atoms with Gasteiger partial charge in [0.25, 0.3) is 0 Å². The number of hydrogen-bond acceptors (Lipinski definition) is 3. The normalized spacial score (nSPS) is 13.1. The molecule has 94 valence electrons. The fourth-order valence-corrected chi connectivity index (χ4v) is 1.86. The summed E-state index contributed by atoms with van der Waals surface area (Å²) >= 11 is 0. The first-order valence-electron chi connectivity index (χ1n) is 6.10. The van der Waals surface area contributed by atoms with Crippen molar-refractivity contribution in [3.8, 4) is 0 Å². The summed E-state index contributed by atoms with van der Waals surface area (Å²) in [6, 6.07) is 3.89. The molecule has 0 amide bonds. The number of nitrogens with zero attached hydrogens (tertiary/aromatic N) is 2. The molecule has 0 fully saturated rings. The Hall–Kier alpha value is -1.22. The van der Waals surface area contributed by atoms with Gasteiger partial charge >= 0.3 is 0 Å². The molecule has 0 saturated carbocycles. The van der Waals surface area contributed by atoms with E-state index in [0.717, 1.165) is 18.5 Å². The van der Waals surface area contributed by atoms with Crippen LogP contribution >= 0.6 is 0 Å². The van der Waals surface area contributed by atoms with Gasteiger partial charge in [-0.05, 0) is 44.8 Å². The van der Waals surface area contributed by atoms with Gasteiger partial charge in [-0.25, -0.2) is 0 Å². The highest BCUT2D eigenvalue weighted by Crippen LogP contribution is 2.23. The maximum atomic E-state index is 12.2. The molecule has 0 aliphatic carbocycles. The van der Waals surface area contributed by atoms with Crippen LogP contribution in [-0.2, 0) is 4.79 Å². The molecule has 0 spiro atoms. The van der Waals surface area contributed by atoms with Crippen LogP contribution in [0.3, 0.4) is 0 Å². The maximum absolute atomic E-state index is 12.2. The second-order valence-electron chi connectivity index (χ2n) is 4.98. The number of carbonyl (C=O) groups excluding carboxylic acids is 1. The highest BCUT2D eigenvalue weighted by atomic mass is 16.1. The second kappa shape index (κ2) is 6.50. The van der Waals surface area contributed by atoms with Gasteiger partial charge in [0, 0.05) is 24.2 Å². The number of hydrogen-bond donors (Lipinski definition) is 0. The molecule has 0 bridgehead atoms. The van der Waals surface area contributed by atoms with Gasteiger partial charge in [-0.2, -0.15) is 0 Å². The lowest BCUT2D eigenvalue weighted by molar-refractivity contribution is -0.123. The summed E-state index contributed by atoms with van der Waals surface area (Å²) in [5, 5.41) is 0. The Labute approximate surface area is 104 Å². The third-order valence-corrected chi connectivity index (χ3v) is 2.89. The summed E-state index contributed by atoms with van der Waals surface area (Å²) in [4.78, 5) is 18.3. The van der Waals surface area contributed by atoms with Crippen molar-refractivity contribution in [3.05, 3.63) is 30.1 Å². The van der Waals surface area contributed by atoms with Gasteiger partial charge in [0.1, 0.15) is 5.78 Å². The number of rotatable bonds is 6. The van der Waals surface area contributed by atoms with Crippen molar-refractivity contribution in [2.75, 3.05) is 20.6 Å². The molecule has 1 aromatic rings. The molecule has 0 N–H and O–H groups in total. The predicted molar refractivity (Wildman–Crippen MR) is 70.0 cm³/mol. The highest BCUT2D eigenvalue weighted by molar-refractivity contribution is 5.87. The van der Waals surface area contributed by atoms with Crippen LogP contribution in [-0.4, -0.2) is 36.3 Å². The molecule has 17 heavy (non-hydrogen) atoms. The van der Waals surface area contributed by atoms with E-state index in [1.807, 2.05) is 40.1 Å². The fourth-order valence-electron chi connectivity index (χ4n) is 1.86. The van der Waals surface area contributed by atoms with E-state index in [4.69, 9.17) is 0 Å². The van der Waals surface area contributed by atoms with E-state index in [2.05, 4.69) is 9.88 Å². The van der Waals surface area contributed by atoms with Gasteiger partial charge in [-0.15, -0.1) is 0 Å². The minimum absolute atomic E-state index is 0.000370. The minimum Gasteiger partial charge on any atom is -0.309 e. The molecule has 0 radical (unpaired) electrons. The van der Waals surface area contributed by atoms with Crippen molar-refractivity contribution in [2.24, 2.45) is 5.92 Å². The smallest absolute Gasteiger partial charge is 0.142 e. The largest absolute Gasteiger partial charge is 0.309 e. The first-order chi connectivity index (χ1) is 8.02. The summed E-state index contributed by atoms with van der Waals surface area (Å²) in [5.74, 6) is 0.397. The highest BCUT2D eigenvalue weighted by Gasteiger charge is 2.22. The van der Waals surface area contributed by atoms with Crippen molar-refractivity contribution in [3.63, 3.8) is 0 Å². The van der Waals surface area contributed by atoms with Crippen molar-refractivity contribution in [1.29, 1.82) is 0 Å². The van der Waals surface area contributed by atoms with Crippen molar-refractivity contribution in [2.45, 2.75) is 26.2 Å². The first kappa shape index (κ1) is 13.8. The van der Waals surface area contributed by atoms with Crippen LogP contribution in [0.25, 0.3) is 0 Å². The number of pyridine rings is 1. The molecule has 0 aliphatic rings. The number of ketones is 1. The SMILES string of the molecule is CC(C)C(=O)C(CCN(C)C)c1ccncc1. The number of Topliss-reactive ketones (excluding diaryl/α,β-unsaturated/α-hetero) is 1. The molecule has 1 atom stereocenters. The second-order valence-corrected chi connectivity index (χ2v) is 4.98. The number of carbonyl (C=O) groups is 1. The molecule has 3 nitrogen and oxygen atoms in total. The topological polar surface area (TPSA) is 33.2 Å². The third kappa shape index (κ3) is 4.27. The molecule has 0 saturated heterocycles. The summed E-state index contributed by atoms with van der Waals surface area (Å²) < 4.78 is 0. The lowest BCUT2D eigenvalue weighted by Crippen LogP contribution is -2.23. The van der Waals surface area contributed by atoms with Crippen LogP contribution in [0.15, 0.2) is 24.5 Å². The van der Waals surface area contributed by atoms with E-state index in [1.54, 1.807) is 12.4 Å². The molecule has 1 aromatic heterocycles. The summed E-state index contributed by atoms with van der Waals surface area (Å²) in [7, 11) is 4.06. The molecule has 0 aromatic carbocycles. The zero-order valence-corrected chi connectivity index (χ0v) is 11.2. The summed E-state index contributed by atoms with van der Waals surface area (Å²) in [6.45, 7) is 4.85. The molecule has 1 unspecified atom stereocenters. The van der Waals surface area contributed by atoms with E-state index in [-0.39, 0.29) is 11.8 Å². The summed E-state index contributed by atoms with van der Waals surface area (Å²) in [6.07, 6.45) is 4.38. The maximum Gasteiger partial charge on any atom is 0.142 e. The van der Waals surface area contributed by atoms with E-state index < -0.39 is 0 Å². The van der Waals surface area contributed by atoms with E-state index in [9.17, 15) is 4.79 Å². The van der Waals surface area contributed by atoms with E-state index >= 15 is 0 Å². The Bertz CT molecular complexity index is 346. The molecule has 1 rings (SSSR count). The van der Waals surface area contributed by atoms with Crippen LogP contribution in [0.5, 0.6) is 0 Å². The van der Waals surface area contributed by atoms with Crippen LogP contribution < -0.4 is 0 Å². The molecule has 0 aliphatic heterocycles. The molecular weight excluding hydrogens is 212 g/mol. The number of aromatic nitrogens is 1. The fraction of sp³-hybridized carbons (Fsp3) is 0.571.